The first kappa shape index (κ1) is 21.7. The summed E-state index contributed by atoms with van der Waals surface area (Å²) in [5.74, 6) is 0.664. The standard InChI is InChI=1S/C25H32N6O2/c1-16-9-21-20(11-19(16)17-10-22(33-5)23-26-15-27-30(23)12-17)28-24(32)31(21)18-7-6-8-29(13-18)14-25(2,3)4/h9-12,15,18H,6-8,13-14H2,1-5H3,(H,28,32)/t18-/m1/s1. The van der Waals surface area contributed by atoms with Gasteiger partial charge in [0, 0.05) is 24.8 Å². The zero-order valence-electron chi connectivity index (χ0n) is 20.1. The number of hydrogen-bond acceptors (Lipinski definition) is 5. The molecule has 1 aromatic carbocycles. The van der Waals surface area contributed by atoms with Gasteiger partial charge in [0.2, 0.25) is 0 Å². The van der Waals surface area contributed by atoms with Gasteiger partial charge in [-0.2, -0.15) is 5.10 Å². The van der Waals surface area contributed by atoms with E-state index in [4.69, 9.17) is 4.74 Å². The molecule has 33 heavy (non-hydrogen) atoms. The highest BCUT2D eigenvalue weighted by molar-refractivity contribution is 5.85. The van der Waals surface area contributed by atoms with Crippen molar-refractivity contribution in [3.8, 4) is 16.9 Å². The number of piperidine rings is 1. The highest BCUT2D eigenvalue weighted by Gasteiger charge is 2.27. The molecule has 0 saturated carbocycles. The lowest BCUT2D eigenvalue weighted by atomic mass is 9.94. The number of methoxy groups -OCH3 is 1. The number of ether oxygens (including phenoxy) is 1. The minimum absolute atomic E-state index is 0.0338. The van der Waals surface area contributed by atoms with Crippen molar-refractivity contribution in [1.82, 2.24) is 29.0 Å². The molecular weight excluding hydrogens is 416 g/mol. The SMILES string of the molecule is COc1cc(-c2cc3[nH]c(=O)n([C@@H]4CCCN(CC(C)(C)C)C4)c3cc2C)cn2ncnc12. The molecule has 0 radical (unpaired) electrons. The lowest BCUT2D eigenvalue weighted by molar-refractivity contribution is 0.131. The number of fused-ring (bicyclic) bond motifs is 2. The number of nitrogens with one attached hydrogen (secondary N) is 1. The number of H-pyrrole nitrogens is 1. The number of aromatic amines is 1. The van der Waals surface area contributed by atoms with Crippen LogP contribution in [0.25, 0.3) is 27.8 Å². The predicted molar refractivity (Wildman–Crippen MR) is 130 cm³/mol. The van der Waals surface area contributed by atoms with Crippen molar-refractivity contribution in [2.45, 2.75) is 46.6 Å². The Hall–Kier alpha value is -3.13. The van der Waals surface area contributed by atoms with Crippen molar-refractivity contribution in [2.24, 2.45) is 5.41 Å². The van der Waals surface area contributed by atoms with Crippen LogP contribution in [0.4, 0.5) is 0 Å². The van der Waals surface area contributed by atoms with Crippen LogP contribution >= 0.6 is 0 Å². The molecule has 174 valence electrons. The van der Waals surface area contributed by atoms with Gasteiger partial charge in [-0.3, -0.25) is 4.57 Å². The Morgan fingerprint density at radius 3 is 2.82 bits per heavy atom. The summed E-state index contributed by atoms with van der Waals surface area (Å²) in [6.07, 6.45) is 5.59. The molecule has 0 aliphatic carbocycles. The normalized spacial score (nSPS) is 17.8. The average molecular weight is 449 g/mol. The maximum absolute atomic E-state index is 13.1. The Balaban J connectivity index is 1.55. The first-order valence-corrected chi connectivity index (χ1v) is 11.6. The molecule has 1 fully saturated rings. The monoisotopic (exact) mass is 448 g/mol. The second-order valence-corrected chi connectivity index (χ2v) is 10.4. The minimum Gasteiger partial charge on any atom is -0.493 e. The quantitative estimate of drug-likeness (QED) is 0.510. The third kappa shape index (κ3) is 4.04. The largest absolute Gasteiger partial charge is 0.493 e. The Kier molecular flexibility index (Phi) is 5.28. The van der Waals surface area contributed by atoms with Gasteiger partial charge < -0.3 is 14.6 Å². The number of pyridine rings is 1. The fourth-order valence-corrected chi connectivity index (χ4v) is 5.20. The van der Waals surface area contributed by atoms with E-state index >= 15 is 0 Å². The molecule has 1 aliphatic heterocycles. The number of aromatic nitrogens is 5. The van der Waals surface area contributed by atoms with Gasteiger partial charge >= 0.3 is 5.69 Å². The summed E-state index contributed by atoms with van der Waals surface area (Å²) in [7, 11) is 1.63. The fraction of sp³-hybridized carbons (Fsp3) is 0.480. The van der Waals surface area contributed by atoms with Crippen LogP contribution in [0.5, 0.6) is 5.75 Å². The third-order valence-corrected chi connectivity index (χ3v) is 6.48. The molecule has 8 heteroatoms. The minimum atomic E-state index is -0.0338. The van der Waals surface area contributed by atoms with Gasteiger partial charge in [0.15, 0.2) is 11.4 Å². The van der Waals surface area contributed by atoms with E-state index in [2.05, 4.69) is 59.8 Å². The van der Waals surface area contributed by atoms with Crippen LogP contribution in [0.1, 0.15) is 45.2 Å². The van der Waals surface area contributed by atoms with E-state index in [1.165, 1.54) is 6.33 Å². The van der Waals surface area contributed by atoms with Gasteiger partial charge in [-0.05, 0) is 61.1 Å². The average Bonchev–Trinajstić information content (AvgIpc) is 3.34. The van der Waals surface area contributed by atoms with Crippen molar-refractivity contribution in [3.63, 3.8) is 0 Å². The first-order valence-electron chi connectivity index (χ1n) is 11.6. The zero-order valence-corrected chi connectivity index (χ0v) is 20.1. The van der Waals surface area contributed by atoms with Gasteiger partial charge in [0.05, 0.1) is 24.2 Å². The van der Waals surface area contributed by atoms with Gasteiger partial charge in [-0.1, -0.05) is 20.8 Å². The molecule has 0 spiro atoms. The summed E-state index contributed by atoms with van der Waals surface area (Å²) in [6, 6.07) is 6.34. The summed E-state index contributed by atoms with van der Waals surface area (Å²) >= 11 is 0. The van der Waals surface area contributed by atoms with Crippen LogP contribution in [0.3, 0.4) is 0 Å². The Labute approximate surface area is 193 Å². The summed E-state index contributed by atoms with van der Waals surface area (Å²) in [5, 5.41) is 4.28. The molecule has 3 aromatic heterocycles. The van der Waals surface area contributed by atoms with Gasteiger partial charge in [0.1, 0.15) is 6.33 Å². The van der Waals surface area contributed by atoms with E-state index in [9.17, 15) is 4.79 Å². The van der Waals surface area contributed by atoms with Crippen LogP contribution in [0.15, 0.2) is 35.5 Å². The fourth-order valence-electron chi connectivity index (χ4n) is 5.20. The molecule has 0 unspecified atom stereocenters. The Bertz CT molecular complexity index is 1370. The van der Waals surface area contributed by atoms with Crippen LogP contribution < -0.4 is 10.4 Å². The smallest absolute Gasteiger partial charge is 0.326 e. The molecule has 8 nitrogen and oxygen atoms in total. The number of hydrogen-bond donors (Lipinski definition) is 1. The molecule has 1 atom stereocenters. The summed E-state index contributed by atoms with van der Waals surface area (Å²) in [5.41, 5.74) is 5.80. The molecular formula is C25H32N6O2. The summed E-state index contributed by atoms with van der Waals surface area (Å²) in [4.78, 5) is 22.9. The van der Waals surface area contributed by atoms with Crippen LogP contribution in [-0.2, 0) is 0 Å². The molecule has 1 aliphatic rings. The van der Waals surface area contributed by atoms with Crippen molar-refractivity contribution in [1.29, 1.82) is 0 Å². The van der Waals surface area contributed by atoms with E-state index in [1.807, 2.05) is 16.8 Å². The molecule has 1 N–H and O–H groups in total. The van der Waals surface area contributed by atoms with E-state index in [0.29, 0.717) is 11.4 Å². The lowest BCUT2D eigenvalue weighted by Gasteiger charge is -2.37. The second kappa shape index (κ2) is 8.02. The van der Waals surface area contributed by atoms with Crippen LogP contribution in [-0.4, -0.2) is 55.8 Å². The van der Waals surface area contributed by atoms with E-state index < -0.39 is 0 Å². The van der Waals surface area contributed by atoms with Gasteiger partial charge in [-0.15, -0.1) is 0 Å². The van der Waals surface area contributed by atoms with Gasteiger partial charge in [0.25, 0.3) is 0 Å². The number of rotatable bonds is 4. The number of benzene rings is 1. The molecule has 1 saturated heterocycles. The Morgan fingerprint density at radius 1 is 1.24 bits per heavy atom. The highest BCUT2D eigenvalue weighted by Crippen LogP contribution is 2.33. The number of nitrogens with zero attached hydrogens (tertiary/aromatic N) is 5. The van der Waals surface area contributed by atoms with E-state index in [1.54, 1.807) is 11.6 Å². The molecule has 4 aromatic rings. The third-order valence-electron chi connectivity index (χ3n) is 6.48. The molecule has 5 rings (SSSR count). The number of imidazole rings is 1. The van der Waals surface area contributed by atoms with Crippen molar-refractivity contribution >= 4 is 16.7 Å². The molecule has 4 heterocycles. The predicted octanol–water partition coefficient (Wildman–Crippen LogP) is 4.04. The second-order valence-electron chi connectivity index (χ2n) is 10.4. The van der Waals surface area contributed by atoms with Crippen LogP contribution in [0.2, 0.25) is 0 Å². The molecule has 0 bridgehead atoms. The zero-order chi connectivity index (χ0) is 23.3. The highest BCUT2D eigenvalue weighted by atomic mass is 16.5. The van der Waals surface area contributed by atoms with Crippen LogP contribution in [0, 0.1) is 12.3 Å². The number of aryl methyl sites for hydroxylation is 1. The topological polar surface area (TPSA) is 80.5 Å². The van der Waals surface area contributed by atoms with Crippen molar-refractivity contribution in [3.05, 3.63) is 46.8 Å². The summed E-state index contributed by atoms with van der Waals surface area (Å²) in [6.45, 7) is 11.9. The molecule has 0 amide bonds. The van der Waals surface area contributed by atoms with Crippen molar-refractivity contribution < 1.29 is 4.74 Å². The first-order chi connectivity index (χ1) is 15.7. The maximum atomic E-state index is 13.1. The van der Waals surface area contributed by atoms with Gasteiger partial charge in [-0.25, -0.2) is 14.3 Å². The summed E-state index contributed by atoms with van der Waals surface area (Å²) < 4.78 is 9.23. The Morgan fingerprint density at radius 2 is 2.06 bits per heavy atom. The number of likely N-dealkylation sites (tertiary alicyclic amines) is 1. The van der Waals surface area contributed by atoms with E-state index in [-0.39, 0.29) is 17.1 Å². The van der Waals surface area contributed by atoms with E-state index in [0.717, 1.165) is 60.2 Å². The maximum Gasteiger partial charge on any atom is 0.326 e. The lowest BCUT2D eigenvalue weighted by Crippen LogP contribution is -2.42. The van der Waals surface area contributed by atoms with Crippen molar-refractivity contribution in [2.75, 3.05) is 26.7 Å².